The van der Waals surface area contributed by atoms with E-state index >= 15 is 0 Å². The van der Waals surface area contributed by atoms with Crippen LogP contribution in [0.1, 0.15) is 73.5 Å². The third kappa shape index (κ3) is 4.43. The maximum Gasteiger partial charge on any atom is 0.335 e. The molecule has 7 nitrogen and oxygen atoms in total. The summed E-state index contributed by atoms with van der Waals surface area (Å²) in [6.45, 7) is 4.29. The zero-order valence-corrected chi connectivity index (χ0v) is 20.9. The third-order valence-corrected chi connectivity index (χ3v) is 6.83. The molecule has 2 N–H and O–H groups in total. The fourth-order valence-electron chi connectivity index (χ4n) is 5.29. The Balaban J connectivity index is 0.00000141. The summed E-state index contributed by atoms with van der Waals surface area (Å²) in [6, 6.07) is 9.57. The van der Waals surface area contributed by atoms with Gasteiger partial charge in [0.1, 0.15) is 17.1 Å². The lowest BCUT2D eigenvalue weighted by atomic mass is 9.81. The minimum Gasteiger partial charge on any atom is -0.497 e. The van der Waals surface area contributed by atoms with Crippen molar-refractivity contribution in [3.63, 3.8) is 0 Å². The number of hydrogen-bond acceptors (Lipinski definition) is 5. The van der Waals surface area contributed by atoms with E-state index in [1.165, 1.54) is 31.9 Å². The predicted octanol–water partition coefficient (Wildman–Crippen LogP) is 5.45. The lowest BCUT2D eigenvalue weighted by Gasteiger charge is -2.23. The van der Waals surface area contributed by atoms with Crippen LogP contribution in [0.3, 0.4) is 0 Å². The number of methoxy groups -OCH3 is 2. The molecule has 7 heteroatoms. The number of nitrogens with two attached hydrogens (primary N) is 1. The lowest BCUT2D eigenvalue weighted by molar-refractivity contribution is -0.136. The molecular formula is C28H33N3O4. The molecule has 2 aliphatic rings. The van der Waals surface area contributed by atoms with Crippen LogP contribution in [0.2, 0.25) is 0 Å². The van der Waals surface area contributed by atoms with Gasteiger partial charge in [0, 0.05) is 10.9 Å². The molecule has 2 aromatic heterocycles. The summed E-state index contributed by atoms with van der Waals surface area (Å²) in [5.74, 6) is 0.124. The highest BCUT2D eigenvalue weighted by atomic mass is 16.5. The molecule has 1 fully saturated rings. The average Bonchev–Trinajstić information content (AvgIpc) is 3.12. The maximum absolute atomic E-state index is 12.7. The molecule has 1 amide bonds. The molecule has 0 atom stereocenters. The molecule has 0 radical (unpaired) electrons. The predicted molar refractivity (Wildman–Crippen MR) is 137 cm³/mol. The Bertz CT molecular complexity index is 1300. The number of hydrogen-bond donors (Lipinski definition) is 1. The number of fused-ring (bicyclic) bond motifs is 5. The van der Waals surface area contributed by atoms with Gasteiger partial charge in [-0.1, -0.05) is 33.1 Å². The standard InChI is InChI=1S/C26H27N3O4.C2H6/c1-32-18-8-9-19-16(13-18)12-17(26(31)33-2)14-29-23(19)22(15-6-4-3-5-7-15)20-10-11-21(24(27)30)28-25(20)29;1-2/h8-13,15H,3-7,14H2,1-2H3,(H2,27,30);1-2H3. The number of rotatable bonds is 4. The van der Waals surface area contributed by atoms with Gasteiger partial charge >= 0.3 is 5.97 Å². The van der Waals surface area contributed by atoms with Gasteiger partial charge in [-0.2, -0.15) is 0 Å². The summed E-state index contributed by atoms with van der Waals surface area (Å²) in [4.78, 5) is 29.3. The van der Waals surface area contributed by atoms with Crippen molar-refractivity contribution >= 4 is 29.0 Å². The van der Waals surface area contributed by atoms with Crippen molar-refractivity contribution < 1.29 is 19.1 Å². The van der Waals surface area contributed by atoms with Crippen molar-refractivity contribution in [2.24, 2.45) is 5.73 Å². The molecule has 0 bridgehead atoms. The summed E-state index contributed by atoms with van der Waals surface area (Å²) in [5.41, 5.74) is 11.1. The summed E-state index contributed by atoms with van der Waals surface area (Å²) >= 11 is 0. The third-order valence-electron chi connectivity index (χ3n) is 6.83. The topological polar surface area (TPSA) is 96.4 Å². The van der Waals surface area contributed by atoms with E-state index in [0.717, 1.165) is 35.0 Å². The SMILES string of the molecule is CC.COC(=O)C1=Cc2cc(OC)ccc2-c2c(C3CCCCC3)c3ccc(C(N)=O)nc3n2C1. The van der Waals surface area contributed by atoms with Crippen LogP contribution in [0.4, 0.5) is 0 Å². The quantitative estimate of drug-likeness (QED) is 0.506. The number of aromatic nitrogens is 2. The van der Waals surface area contributed by atoms with Crippen LogP contribution in [0, 0.1) is 0 Å². The van der Waals surface area contributed by atoms with Crippen LogP contribution < -0.4 is 10.5 Å². The van der Waals surface area contributed by atoms with Gasteiger partial charge < -0.3 is 19.8 Å². The minimum atomic E-state index is -0.575. The number of nitrogens with zero attached hydrogens (tertiary/aromatic N) is 2. The first-order valence-electron chi connectivity index (χ1n) is 12.3. The number of primary amides is 1. The molecule has 0 saturated heterocycles. The van der Waals surface area contributed by atoms with Gasteiger partial charge in [-0.05, 0) is 66.3 Å². The van der Waals surface area contributed by atoms with E-state index in [1.807, 2.05) is 48.8 Å². The fourth-order valence-corrected chi connectivity index (χ4v) is 5.29. The zero-order chi connectivity index (χ0) is 25.1. The summed E-state index contributed by atoms with van der Waals surface area (Å²) in [7, 11) is 3.01. The van der Waals surface area contributed by atoms with Gasteiger partial charge in [0.05, 0.1) is 32.0 Å². The Morgan fingerprint density at radius 3 is 2.46 bits per heavy atom. The number of amides is 1. The van der Waals surface area contributed by atoms with Gasteiger partial charge in [0.15, 0.2) is 0 Å². The summed E-state index contributed by atoms with van der Waals surface area (Å²) in [5, 5.41) is 1.01. The second-order valence-electron chi connectivity index (χ2n) is 8.73. The first-order chi connectivity index (χ1) is 17.0. The molecule has 3 aromatic rings. The summed E-state index contributed by atoms with van der Waals surface area (Å²) < 4.78 is 12.6. The molecule has 0 spiro atoms. The molecule has 1 aliphatic carbocycles. The second kappa shape index (κ2) is 10.3. The highest BCUT2D eigenvalue weighted by Crippen LogP contribution is 2.46. The Labute approximate surface area is 205 Å². The van der Waals surface area contributed by atoms with Crippen molar-refractivity contribution in [3.05, 3.63) is 52.7 Å². The number of carbonyl (C=O) groups is 2. The van der Waals surface area contributed by atoms with Crippen LogP contribution in [-0.4, -0.2) is 35.6 Å². The minimum absolute atomic E-state index is 0.209. The molecular weight excluding hydrogens is 442 g/mol. The van der Waals surface area contributed by atoms with E-state index in [2.05, 4.69) is 4.98 Å². The van der Waals surface area contributed by atoms with Crippen molar-refractivity contribution in [1.82, 2.24) is 9.55 Å². The van der Waals surface area contributed by atoms with E-state index in [9.17, 15) is 9.59 Å². The van der Waals surface area contributed by atoms with Gasteiger partial charge in [0.2, 0.25) is 0 Å². The van der Waals surface area contributed by atoms with E-state index in [0.29, 0.717) is 22.9 Å². The number of pyridine rings is 1. The molecule has 0 unspecified atom stereocenters. The van der Waals surface area contributed by atoms with Crippen molar-refractivity contribution in [3.8, 4) is 17.0 Å². The molecule has 1 aromatic carbocycles. The Morgan fingerprint density at radius 1 is 1.06 bits per heavy atom. The molecule has 1 saturated carbocycles. The van der Waals surface area contributed by atoms with Crippen LogP contribution in [0.25, 0.3) is 28.4 Å². The summed E-state index contributed by atoms with van der Waals surface area (Å²) in [6.07, 6.45) is 7.69. The van der Waals surface area contributed by atoms with E-state index in [4.69, 9.17) is 15.2 Å². The van der Waals surface area contributed by atoms with Crippen molar-refractivity contribution in [2.45, 2.75) is 58.4 Å². The molecule has 3 heterocycles. The normalized spacial score (nSPS) is 15.1. The first-order valence-corrected chi connectivity index (χ1v) is 12.3. The molecule has 5 rings (SSSR count). The first kappa shape index (κ1) is 24.5. The monoisotopic (exact) mass is 475 g/mol. The van der Waals surface area contributed by atoms with E-state index < -0.39 is 11.9 Å². The Kier molecular flexibility index (Phi) is 7.24. The Hall–Kier alpha value is -3.61. The average molecular weight is 476 g/mol. The Morgan fingerprint density at radius 2 is 1.80 bits per heavy atom. The van der Waals surface area contributed by atoms with Crippen LogP contribution in [0.5, 0.6) is 5.75 Å². The molecule has 184 valence electrons. The van der Waals surface area contributed by atoms with Gasteiger partial charge in [-0.25, -0.2) is 9.78 Å². The molecule has 1 aliphatic heterocycles. The fraction of sp³-hybridized carbons (Fsp3) is 0.393. The van der Waals surface area contributed by atoms with Crippen molar-refractivity contribution in [1.29, 1.82) is 0 Å². The van der Waals surface area contributed by atoms with E-state index in [1.54, 1.807) is 13.2 Å². The maximum atomic E-state index is 12.7. The van der Waals surface area contributed by atoms with Crippen LogP contribution in [0.15, 0.2) is 35.9 Å². The van der Waals surface area contributed by atoms with Gasteiger partial charge in [0.25, 0.3) is 5.91 Å². The smallest absolute Gasteiger partial charge is 0.335 e. The number of benzene rings is 1. The van der Waals surface area contributed by atoms with Crippen LogP contribution >= 0.6 is 0 Å². The highest BCUT2D eigenvalue weighted by molar-refractivity contribution is 6.00. The highest BCUT2D eigenvalue weighted by Gasteiger charge is 2.31. The largest absolute Gasteiger partial charge is 0.497 e. The number of ether oxygens (including phenoxy) is 2. The van der Waals surface area contributed by atoms with Gasteiger partial charge in [-0.15, -0.1) is 0 Å². The number of esters is 1. The van der Waals surface area contributed by atoms with Gasteiger partial charge in [-0.3, -0.25) is 4.79 Å². The van der Waals surface area contributed by atoms with Crippen molar-refractivity contribution in [2.75, 3.05) is 14.2 Å². The molecule has 35 heavy (non-hydrogen) atoms. The lowest BCUT2D eigenvalue weighted by Crippen LogP contribution is -2.14. The van der Waals surface area contributed by atoms with E-state index in [-0.39, 0.29) is 12.2 Å². The number of carbonyl (C=O) groups excluding carboxylic acids is 2. The zero-order valence-electron chi connectivity index (χ0n) is 20.9. The van der Waals surface area contributed by atoms with Crippen LogP contribution in [-0.2, 0) is 16.1 Å². The second-order valence-corrected chi connectivity index (χ2v) is 8.73.